The molecule has 0 atom stereocenters. The van der Waals surface area contributed by atoms with Gasteiger partial charge in [-0.25, -0.2) is 10.9 Å². The Hall–Kier alpha value is -4.67. The molecule has 0 aliphatic rings. The first kappa shape index (κ1) is 25.0. The van der Waals surface area contributed by atoms with E-state index in [1.807, 2.05) is 30.3 Å². The number of hydrogen-bond acceptors (Lipinski definition) is 5. The van der Waals surface area contributed by atoms with E-state index in [9.17, 15) is 4.79 Å². The molecule has 0 aliphatic carbocycles. The van der Waals surface area contributed by atoms with Crippen molar-refractivity contribution in [2.45, 2.75) is 27.2 Å². The van der Waals surface area contributed by atoms with Crippen molar-refractivity contribution in [1.82, 2.24) is 15.8 Å². The summed E-state index contributed by atoms with van der Waals surface area (Å²) in [4.78, 5) is 16.0. The molecule has 2 aromatic carbocycles. The van der Waals surface area contributed by atoms with E-state index in [0.29, 0.717) is 29.4 Å². The second kappa shape index (κ2) is 11.0. The highest BCUT2D eigenvalue weighted by Gasteiger charge is 2.13. The minimum Gasteiger partial charge on any atom is -0.369 e. The molecule has 0 bridgehead atoms. The molecular formula is C24H30N10O. The third-order valence-electron chi connectivity index (χ3n) is 5.02. The SMILES string of the molecule is C/C(=N\NC(=N)N)c1ccc(NC(=O)c2cc3cc(C(CC(C)C)=NNC(=N)N)ccc3[nH]2)cc1. The van der Waals surface area contributed by atoms with Crippen LogP contribution in [0.15, 0.2) is 58.7 Å². The van der Waals surface area contributed by atoms with Crippen LogP contribution in [0.2, 0.25) is 0 Å². The van der Waals surface area contributed by atoms with Gasteiger partial charge >= 0.3 is 0 Å². The summed E-state index contributed by atoms with van der Waals surface area (Å²) in [5, 5.41) is 26.6. The normalized spacial score (nSPS) is 12.0. The zero-order valence-corrected chi connectivity index (χ0v) is 19.9. The number of benzene rings is 2. The second-order valence-corrected chi connectivity index (χ2v) is 8.42. The van der Waals surface area contributed by atoms with Gasteiger partial charge in [-0.2, -0.15) is 10.2 Å². The second-order valence-electron chi connectivity index (χ2n) is 8.42. The van der Waals surface area contributed by atoms with Crippen LogP contribution in [-0.2, 0) is 0 Å². The number of aromatic amines is 1. The Labute approximate surface area is 203 Å². The van der Waals surface area contributed by atoms with Crippen molar-refractivity contribution >= 4 is 45.8 Å². The van der Waals surface area contributed by atoms with E-state index in [4.69, 9.17) is 22.3 Å². The first-order valence-corrected chi connectivity index (χ1v) is 11.0. The predicted molar refractivity (Wildman–Crippen MR) is 141 cm³/mol. The van der Waals surface area contributed by atoms with Crippen molar-refractivity contribution in [3.05, 3.63) is 65.4 Å². The van der Waals surface area contributed by atoms with Crippen LogP contribution in [0.3, 0.4) is 0 Å². The van der Waals surface area contributed by atoms with E-state index in [-0.39, 0.29) is 17.8 Å². The molecule has 10 N–H and O–H groups in total. The van der Waals surface area contributed by atoms with Crippen LogP contribution in [0, 0.1) is 16.7 Å². The molecule has 0 spiro atoms. The molecule has 0 radical (unpaired) electrons. The molecule has 0 saturated carbocycles. The predicted octanol–water partition coefficient (Wildman–Crippen LogP) is 2.86. The van der Waals surface area contributed by atoms with Gasteiger partial charge < -0.3 is 21.8 Å². The number of nitrogens with zero attached hydrogens (tertiary/aromatic N) is 2. The Bertz CT molecular complexity index is 1300. The van der Waals surface area contributed by atoms with E-state index in [2.05, 4.69) is 45.2 Å². The van der Waals surface area contributed by atoms with Gasteiger partial charge in [-0.05, 0) is 60.7 Å². The van der Waals surface area contributed by atoms with Crippen LogP contribution < -0.4 is 27.6 Å². The van der Waals surface area contributed by atoms with Gasteiger partial charge in [0.2, 0.25) is 11.9 Å². The average molecular weight is 475 g/mol. The summed E-state index contributed by atoms with van der Waals surface area (Å²) in [6.07, 6.45) is 0.703. The number of nitrogens with one attached hydrogen (secondary N) is 6. The lowest BCUT2D eigenvalue weighted by Gasteiger charge is -2.10. The first-order valence-electron chi connectivity index (χ1n) is 11.0. The maximum Gasteiger partial charge on any atom is 0.272 e. The van der Waals surface area contributed by atoms with E-state index in [1.165, 1.54) is 0 Å². The Balaban J connectivity index is 1.77. The molecule has 35 heavy (non-hydrogen) atoms. The fourth-order valence-corrected chi connectivity index (χ4v) is 3.38. The van der Waals surface area contributed by atoms with Crippen LogP contribution in [0.5, 0.6) is 0 Å². The molecule has 11 heteroatoms. The molecule has 3 aromatic rings. The number of guanidine groups is 2. The number of carbonyl (C=O) groups excluding carboxylic acids is 1. The summed E-state index contributed by atoms with van der Waals surface area (Å²) in [5.41, 5.74) is 20.6. The molecule has 0 fully saturated rings. The van der Waals surface area contributed by atoms with Crippen LogP contribution in [0.4, 0.5) is 5.69 Å². The minimum atomic E-state index is -0.270. The summed E-state index contributed by atoms with van der Waals surface area (Å²) >= 11 is 0. The van der Waals surface area contributed by atoms with Crippen molar-refractivity contribution < 1.29 is 4.79 Å². The van der Waals surface area contributed by atoms with E-state index in [1.54, 1.807) is 25.1 Å². The number of rotatable bonds is 8. The van der Waals surface area contributed by atoms with Gasteiger partial charge in [-0.15, -0.1) is 0 Å². The monoisotopic (exact) mass is 474 g/mol. The van der Waals surface area contributed by atoms with Crippen molar-refractivity contribution in [3.63, 3.8) is 0 Å². The third kappa shape index (κ3) is 6.90. The lowest BCUT2D eigenvalue weighted by molar-refractivity contribution is 0.102. The summed E-state index contributed by atoms with van der Waals surface area (Å²) in [7, 11) is 0. The zero-order chi connectivity index (χ0) is 25.5. The fourth-order valence-electron chi connectivity index (χ4n) is 3.38. The minimum absolute atomic E-state index is 0.226. The van der Waals surface area contributed by atoms with E-state index in [0.717, 1.165) is 27.7 Å². The molecular weight excluding hydrogens is 444 g/mol. The number of aromatic nitrogens is 1. The van der Waals surface area contributed by atoms with E-state index < -0.39 is 0 Å². The molecule has 1 amide bonds. The van der Waals surface area contributed by atoms with E-state index >= 15 is 0 Å². The van der Waals surface area contributed by atoms with Crippen LogP contribution >= 0.6 is 0 Å². The molecule has 1 aromatic heterocycles. The lowest BCUT2D eigenvalue weighted by Crippen LogP contribution is -2.27. The number of amides is 1. The summed E-state index contributed by atoms with van der Waals surface area (Å²) in [6.45, 7) is 5.96. The highest BCUT2D eigenvalue weighted by molar-refractivity contribution is 6.08. The fraction of sp³-hybridized carbons (Fsp3) is 0.208. The van der Waals surface area contributed by atoms with Gasteiger partial charge in [0.05, 0.1) is 11.4 Å². The Morgan fingerprint density at radius 3 is 2.23 bits per heavy atom. The largest absolute Gasteiger partial charge is 0.369 e. The third-order valence-corrected chi connectivity index (χ3v) is 5.02. The van der Waals surface area contributed by atoms with Crippen molar-refractivity contribution in [2.24, 2.45) is 27.6 Å². The average Bonchev–Trinajstić information content (AvgIpc) is 3.24. The standard InChI is InChI=1S/C24H30N10O/c1-13(2)10-20(32-34-24(27)28)16-6-9-19-17(11-16)12-21(30-19)22(35)29-18-7-4-15(5-8-18)14(3)31-33-23(25)26/h4-9,11-13,30H,10H2,1-3H3,(H,29,35)(H4,25,26,33)(H4,27,28,34)/b31-14+,32-20?. The van der Waals surface area contributed by atoms with Gasteiger partial charge in [0, 0.05) is 16.6 Å². The molecule has 11 nitrogen and oxygen atoms in total. The first-order chi connectivity index (χ1) is 16.6. The number of carbonyl (C=O) groups is 1. The van der Waals surface area contributed by atoms with Gasteiger partial charge in [-0.3, -0.25) is 15.6 Å². The highest BCUT2D eigenvalue weighted by Crippen LogP contribution is 2.21. The Morgan fingerprint density at radius 2 is 1.60 bits per heavy atom. The van der Waals surface area contributed by atoms with Crippen LogP contribution in [0.25, 0.3) is 10.9 Å². The molecule has 0 aliphatic heterocycles. The Morgan fingerprint density at radius 1 is 0.971 bits per heavy atom. The van der Waals surface area contributed by atoms with Gasteiger partial charge in [0.15, 0.2) is 0 Å². The highest BCUT2D eigenvalue weighted by atomic mass is 16.1. The quantitative estimate of drug-likeness (QED) is 0.141. The van der Waals surface area contributed by atoms with Crippen molar-refractivity contribution in [1.29, 1.82) is 10.8 Å². The molecule has 182 valence electrons. The molecule has 1 heterocycles. The maximum atomic E-state index is 12.8. The van der Waals surface area contributed by atoms with Crippen LogP contribution in [-0.4, -0.2) is 34.2 Å². The summed E-state index contributed by atoms with van der Waals surface area (Å²) in [6, 6.07) is 14.8. The van der Waals surface area contributed by atoms with Gasteiger partial charge in [-0.1, -0.05) is 32.0 Å². The number of hydrazone groups is 2. The maximum absolute atomic E-state index is 12.8. The van der Waals surface area contributed by atoms with Gasteiger partial charge in [0.1, 0.15) is 5.69 Å². The number of nitrogens with two attached hydrogens (primary N) is 2. The number of fused-ring (bicyclic) bond motifs is 1. The van der Waals surface area contributed by atoms with Crippen LogP contribution in [0.1, 0.15) is 48.8 Å². The van der Waals surface area contributed by atoms with Gasteiger partial charge in [0.25, 0.3) is 5.91 Å². The molecule has 0 unspecified atom stereocenters. The number of anilines is 1. The molecule has 0 saturated heterocycles. The zero-order valence-electron chi connectivity index (χ0n) is 19.9. The Kier molecular flexibility index (Phi) is 7.82. The van der Waals surface area contributed by atoms with Crippen molar-refractivity contribution in [3.8, 4) is 0 Å². The topological polar surface area (TPSA) is 193 Å². The smallest absolute Gasteiger partial charge is 0.272 e. The lowest BCUT2D eigenvalue weighted by atomic mass is 9.99. The summed E-state index contributed by atoms with van der Waals surface area (Å²) < 4.78 is 0. The number of H-pyrrole nitrogens is 1. The van der Waals surface area contributed by atoms with Crippen molar-refractivity contribution in [2.75, 3.05) is 5.32 Å². The molecule has 3 rings (SSSR count). The number of hydrogen-bond donors (Lipinski definition) is 8. The summed E-state index contributed by atoms with van der Waals surface area (Å²) in [5.74, 6) is -0.378.